The van der Waals surface area contributed by atoms with Crippen LogP contribution in [0.1, 0.15) is 160 Å². The number of rotatable bonds is 12. The quantitative estimate of drug-likeness (QED) is 0.175. The Kier molecular flexibility index (Phi) is 27.4. The molecule has 2 aliphatic rings. The first-order valence-corrected chi connectivity index (χ1v) is 16.6. The number of likely N-dealkylation sites (tertiary alicyclic amines) is 1. The highest BCUT2D eigenvalue weighted by molar-refractivity contribution is 5.39. The average molecular weight is 542 g/mol. The standard InChI is InChI=1S/C17H28.C12H25N.C5H10.C4H8/c1-7-10-14(4)15(5)13-16(6)17(11-8-2)12-9-3;1-3-8-12(9-4-2)13-10-6-5-7-11-13;1-2-5-3-4-5;1-4(2)3/h7,10-11,13H,8-9,12H2,1-6H3;12H,3-11H2,1-2H3;5H,2-4H2,1H3;1H2,2-3H3/b10-7-,15-14-,16-13+,17-11+;;;. The Morgan fingerprint density at radius 3 is 1.72 bits per heavy atom. The van der Waals surface area contributed by atoms with Gasteiger partial charge < -0.3 is 4.90 Å². The van der Waals surface area contributed by atoms with Gasteiger partial charge in [0, 0.05) is 6.04 Å². The van der Waals surface area contributed by atoms with E-state index in [2.05, 4.69) is 98.1 Å². The van der Waals surface area contributed by atoms with Gasteiger partial charge in [0.1, 0.15) is 0 Å². The molecule has 228 valence electrons. The van der Waals surface area contributed by atoms with Gasteiger partial charge in [0.25, 0.3) is 0 Å². The van der Waals surface area contributed by atoms with Crippen LogP contribution in [0.3, 0.4) is 0 Å². The zero-order valence-electron chi connectivity index (χ0n) is 28.7. The summed E-state index contributed by atoms with van der Waals surface area (Å²) in [7, 11) is 0. The van der Waals surface area contributed by atoms with Crippen molar-refractivity contribution in [3.63, 3.8) is 0 Å². The van der Waals surface area contributed by atoms with Crippen LogP contribution in [0.2, 0.25) is 0 Å². The van der Waals surface area contributed by atoms with Crippen molar-refractivity contribution in [1.29, 1.82) is 0 Å². The van der Waals surface area contributed by atoms with Gasteiger partial charge in [0.15, 0.2) is 0 Å². The SMILES string of the molecule is C=C(C)C.CCC1CC1.CCCC(CCC)N1CCCCC1.C\C=C/C(C)=C(C)\C=C(C)\C(=C\CC)CCC. The normalized spacial score (nSPS) is 16.9. The predicted molar refractivity (Wildman–Crippen MR) is 183 cm³/mol. The van der Waals surface area contributed by atoms with Crippen molar-refractivity contribution in [2.75, 3.05) is 13.1 Å². The van der Waals surface area contributed by atoms with E-state index in [9.17, 15) is 0 Å². The first kappa shape index (κ1) is 39.8. The van der Waals surface area contributed by atoms with E-state index in [-0.39, 0.29) is 0 Å². The topological polar surface area (TPSA) is 3.24 Å². The molecule has 0 amide bonds. The van der Waals surface area contributed by atoms with Crippen molar-refractivity contribution in [3.05, 3.63) is 58.7 Å². The van der Waals surface area contributed by atoms with Crippen LogP contribution < -0.4 is 0 Å². The second-order valence-corrected chi connectivity index (χ2v) is 12.0. The van der Waals surface area contributed by atoms with Gasteiger partial charge >= 0.3 is 0 Å². The van der Waals surface area contributed by atoms with Crippen LogP contribution in [-0.2, 0) is 0 Å². The van der Waals surface area contributed by atoms with Gasteiger partial charge in [-0.2, -0.15) is 0 Å². The highest BCUT2D eigenvalue weighted by Crippen LogP contribution is 2.31. The van der Waals surface area contributed by atoms with Crippen LogP contribution >= 0.6 is 0 Å². The van der Waals surface area contributed by atoms with Crippen molar-refractivity contribution in [2.45, 2.75) is 166 Å². The molecule has 0 aromatic rings. The van der Waals surface area contributed by atoms with Gasteiger partial charge in [-0.15, -0.1) is 6.58 Å². The van der Waals surface area contributed by atoms with Crippen LogP contribution in [0.15, 0.2) is 58.7 Å². The Balaban J connectivity index is 0. The molecule has 39 heavy (non-hydrogen) atoms. The third-order valence-electron chi connectivity index (χ3n) is 7.37. The summed E-state index contributed by atoms with van der Waals surface area (Å²) >= 11 is 0. The molecule has 0 unspecified atom stereocenters. The molecular weight excluding hydrogens is 470 g/mol. The third kappa shape index (κ3) is 24.2. The molecule has 0 bridgehead atoms. The van der Waals surface area contributed by atoms with Crippen LogP contribution in [0.25, 0.3) is 0 Å². The summed E-state index contributed by atoms with van der Waals surface area (Å²) in [5.41, 5.74) is 6.79. The number of hydrogen-bond donors (Lipinski definition) is 0. The van der Waals surface area contributed by atoms with E-state index in [1.807, 2.05) is 13.8 Å². The molecule has 1 saturated heterocycles. The Hall–Kier alpha value is -1.34. The highest BCUT2D eigenvalue weighted by atomic mass is 15.2. The maximum atomic E-state index is 3.56. The lowest BCUT2D eigenvalue weighted by atomic mass is 9.98. The van der Waals surface area contributed by atoms with Gasteiger partial charge in [-0.05, 0) is 121 Å². The Labute approximate surface area is 248 Å². The summed E-state index contributed by atoms with van der Waals surface area (Å²) in [4.78, 5) is 2.73. The lowest BCUT2D eigenvalue weighted by Gasteiger charge is -2.34. The molecule has 0 atom stereocenters. The Morgan fingerprint density at radius 2 is 1.36 bits per heavy atom. The third-order valence-corrected chi connectivity index (χ3v) is 7.37. The molecule has 1 nitrogen and oxygen atoms in total. The van der Waals surface area contributed by atoms with Crippen molar-refractivity contribution in [1.82, 2.24) is 4.90 Å². The van der Waals surface area contributed by atoms with Crippen molar-refractivity contribution in [3.8, 4) is 0 Å². The first-order chi connectivity index (χ1) is 18.6. The lowest BCUT2D eigenvalue weighted by Crippen LogP contribution is -2.39. The maximum absolute atomic E-state index is 3.56. The fourth-order valence-corrected chi connectivity index (χ4v) is 4.87. The molecule has 1 aliphatic heterocycles. The molecule has 1 aliphatic carbocycles. The fourth-order valence-electron chi connectivity index (χ4n) is 4.87. The zero-order chi connectivity index (χ0) is 30.1. The summed E-state index contributed by atoms with van der Waals surface area (Å²) in [5, 5.41) is 0. The van der Waals surface area contributed by atoms with Crippen molar-refractivity contribution in [2.24, 2.45) is 5.92 Å². The monoisotopic (exact) mass is 542 g/mol. The van der Waals surface area contributed by atoms with Gasteiger partial charge in [0.2, 0.25) is 0 Å². The molecule has 2 rings (SSSR count). The fraction of sp³-hybridized carbons (Fsp3) is 0.737. The summed E-state index contributed by atoms with van der Waals surface area (Å²) in [6.07, 6.45) is 26.7. The second-order valence-electron chi connectivity index (χ2n) is 12.0. The molecule has 1 saturated carbocycles. The highest BCUT2D eigenvalue weighted by Gasteiger charge is 2.18. The molecule has 0 spiro atoms. The minimum Gasteiger partial charge on any atom is -0.300 e. The Bertz CT molecular complexity index is 697. The zero-order valence-corrected chi connectivity index (χ0v) is 28.7. The number of hydrogen-bond acceptors (Lipinski definition) is 1. The van der Waals surface area contributed by atoms with Crippen LogP contribution in [0, 0.1) is 5.92 Å². The number of piperidine rings is 1. The van der Waals surface area contributed by atoms with E-state index in [1.165, 1.54) is 118 Å². The van der Waals surface area contributed by atoms with E-state index in [4.69, 9.17) is 0 Å². The van der Waals surface area contributed by atoms with Crippen molar-refractivity contribution >= 4 is 0 Å². The van der Waals surface area contributed by atoms with E-state index in [1.54, 1.807) is 0 Å². The van der Waals surface area contributed by atoms with Crippen LogP contribution in [-0.4, -0.2) is 24.0 Å². The molecule has 0 aromatic heterocycles. The average Bonchev–Trinajstić information content (AvgIpc) is 3.74. The Morgan fingerprint density at radius 1 is 0.821 bits per heavy atom. The van der Waals surface area contributed by atoms with E-state index < -0.39 is 0 Å². The molecule has 2 fully saturated rings. The number of allylic oxidation sites excluding steroid dienone is 9. The molecule has 1 heterocycles. The summed E-state index contributed by atoms with van der Waals surface area (Å²) in [6.45, 7) is 30.2. The summed E-state index contributed by atoms with van der Waals surface area (Å²) < 4.78 is 0. The molecular formula is C38H71N. The van der Waals surface area contributed by atoms with Gasteiger partial charge in [-0.25, -0.2) is 0 Å². The molecule has 0 aromatic carbocycles. The minimum absolute atomic E-state index is 0.898. The molecule has 0 radical (unpaired) electrons. The second kappa shape index (κ2) is 26.9. The summed E-state index contributed by atoms with van der Waals surface area (Å²) in [6, 6.07) is 0.898. The van der Waals surface area contributed by atoms with E-state index >= 15 is 0 Å². The van der Waals surface area contributed by atoms with E-state index in [0.29, 0.717) is 0 Å². The lowest BCUT2D eigenvalue weighted by molar-refractivity contribution is 0.146. The predicted octanol–water partition coefficient (Wildman–Crippen LogP) is 12.8. The largest absolute Gasteiger partial charge is 0.300 e. The van der Waals surface area contributed by atoms with Gasteiger partial charge in [-0.3, -0.25) is 0 Å². The minimum atomic E-state index is 0.898. The van der Waals surface area contributed by atoms with Crippen molar-refractivity contribution < 1.29 is 0 Å². The summed E-state index contributed by atoms with van der Waals surface area (Å²) in [5.74, 6) is 1.13. The first-order valence-electron chi connectivity index (χ1n) is 16.6. The van der Waals surface area contributed by atoms with Gasteiger partial charge in [-0.1, -0.05) is 109 Å². The molecule has 1 heteroatoms. The maximum Gasteiger partial charge on any atom is 0.00950 e. The number of nitrogens with zero attached hydrogens (tertiary/aromatic N) is 1. The van der Waals surface area contributed by atoms with Crippen LogP contribution in [0.4, 0.5) is 0 Å². The smallest absolute Gasteiger partial charge is 0.00950 e. The van der Waals surface area contributed by atoms with Gasteiger partial charge in [0.05, 0.1) is 0 Å². The van der Waals surface area contributed by atoms with E-state index in [0.717, 1.165) is 18.4 Å². The molecule has 0 N–H and O–H groups in total. The van der Waals surface area contributed by atoms with Crippen LogP contribution in [0.5, 0.6) is 0 Å².